The van der Waals surface area contributed by atoms with Crippen molar-refractivity contribution < 1.29 is 18.3 Å². The van der Waals surface area contributed by atoms with Gasteiger partial charge in [-0.25, -0.2) is 8.78 Å². The molecular formula is C20H22F2N2O2. The summed E-state index contributed by atoms with van der Waals surface area (Å²) >= 11 is 0. The third-order valence-electron chi connectivity index (χ3n) is 4.71. The minimum absolute atomic E-state index is 0.0684. The normalized spacial score (nSPS) is 15.7. The molecule has 1 atom stereocenters. The lowest BCUT2D eigenvalue weighted by atomic mass is 10.0. The Balaban J connectivity index is 1.79. The summed E-state index contributed by atoms with van der Waals surface area (Å²) in [5.74, 6) is -1.37. The highest BCUT2D eigenvalue weighted by molar-refractivity contribution is 5.94. The maximum Gasteiger partial charge on any atom is 0.254 e. The van der Waals surface area contributed by atoms with E-state index in [1.807, 2.05) is 24.3 Å². The molecule has 1 amide bonds. The van der Waals surface area contributed by atoms with Crippen LogP contribution in [-0.4, -0.2) is 37.6 Å². The van der Waals surface area contributed by atoms with Crippen LogP contribution in [0.25, 0.3) is 0 Å². The predicted octanol–water partition coefficient (Wildman–Crippen LogP) is 3.54. The average Bonchev–Trinajstić information content (AvgIpc) is 3.16. The van der Waals surface area contributed by atoms with Crippen LogP contribution in [0.2, 0.25) is 0 Å². The van der Waals surface area contributed by atoms with E-state index in [4.69, 9.17) is 4.74 Å². The monoisotopic (exact) mass is 360 g/mol. The number of carbonyl (C=O) groups excluding carboxylic acids is 1. The Morgan fingerprint density at radius 1 is 1.19 bits per heavy atom. The Kier molecular flexibility index (Phi) is 5.83. The molecule has 0 radical (unpaired) electrons. The molecule has 4 nitrogen and oxygen atoms in total. The largest absolute Gasteiger partial charge is 0.496 e. The van der Waals surface area contributed by atoms with Gasteiger partial charge in [-0.2, -0.15) is 0 Å². The summed E-state index contributed by atoms with van der Waals surface area (Å²) in [6.07, 6.45) is 2.21. The molecule has 1 aliphatic heterocycles. The number of hydrogen-bond donors (Lipinski definition) is 1. The van der Waals surface area contributed by atoms with Gasteiger partial charge in [0.2, 0.25) is 0 Å². The van der Waals surface area contributed by atoms with Gasteiger partial charge in [-0.15, -0.1) is 0 Å². The Morgan fingerprint density at radius 3 is 2.62 bits per heavy atom. The van der Waals surface area contributed by atoms with E-state index >= 15 is 0 Å². The number of nitrogens with zero attached hydrogens (tertiary/aromatic N) is 1. The fourth-order valence-corrected chi connectivity index (χ4v) is 3.39. The second kappa shape index (κ2) is 8.27. The fourth-order valence-electron chi connectivity index (χ4n) is 3.39. The van der Waals surface area contributed by atoms with Gasteiger partial charge in [0.05, 0.1) is 18.7 Å². The molecule has 1 fully saturated rings. The van der Waals surface area contributed by atoms with Crippen molar-refractivity contribution in [2.75, 3.05) is 26.7 Å². The molecular weight excluding hydrogens is 338 g/mol. The highest BCUT2D eigenvalue weighted by Gasteiger charge is 2.26. The van der Waals surface area contributed by atoms with Crippen LogP contribution in [0.4, 0.5) is 8.78 Å². The molecule has 0 spiro atoms. The number of rotatable bonds is 6. The molecule has 0 bridgehead atoms. The van der Waals surface area contributed by atoms with E-state index in [1.54, 1.807) is 7.11 Å². The number of ether oxygens (including phenoxy) is 1. The summed E-state index contributed by atoms with van der Waals surface area (Å²) in [6.45, 7) is 2.18. The Morgan fingerprint density at radius 2 is 1.92 bits per heavy atom. The van der Waals surface area contributed by atoms with E-state index in [9.17, 15) is 13.6 Å². The van der Waals surface area contributed by atoms with E-state index < -0.39 is 17.5 Å². The number of hydrogen-bond acceptors (Lipinski definition) is 3. The van der Waals surface area contributed by atoms with Crippen molar-refractivity contribution in [1.82, 2.24) is 10.2 Å². The van der Waals surface area contributed by atoms with Crippen molar-refractivity contribution in [2.24, 2.45) is 0 Å². The van der Waals surface area contributed by atoms with E-state index in [-0.39, 0.29) is 11.6 Å². The summed E-state index contributed by atoms with van der Waals surface area (Å²) in [5.41, 5.74) is 0.823. The zero-order valence-corrected chi connectivity index (χ0v) is 14.7. The molecule has 1 aliphatic rings. The van der Waals surface area contributed by atoms with Crippen molar-refractivity contribution in [2.45, 2.75) is 18.9 Å². The Labute approximate surface area is 151 Å². The van der Waals surface area contributed by atoms with Gasteiger partial charge in [-0.1, -0.05) is 18.2 Å². The van der Waals surface area contributed by atoms with Crippen LogP contribution in [-0.2, 0) is 0 Å². The topological polar surface area (TPSA) is 41.6 Å². The van der Waals surface area contributed by atoms with E-state index in [1.165, 1.54) is 0 Å². The van der Waals surface area contributed by atoms with E-state index in [0.717, 1.165) is 49.4 Å². The third kappa shape index (κ3) is 4.02. The Bertz CT molecular complexity index is 776. The molecule has 1 unspecified atom stereocenters. The minimum atomic E-state index is -0.863. The summed E-state index contributed by atoms with van der Waals surface area (Å²) in [4.78, 5) is 14.6. The molecule has 3 rings (SSSR count). The van der Waals surface area contributed by atoms with Gasteiger partial charge in [0.15, 0.2) is 0 Å². The quantitative estimate of drug-likeness (QED) is 0.857. The molecule has 1 heterocycles. The van der Waals surface area contributed by atoms with Crippen LogP contribution in [0, 0.1) is 11.6 Å². The highest BCUT2D eigenvalue weighted by atomic mass is 19.1. The number of benzene rings is 2. The third-order valence-corrected chi connectivity index (χ3v) is 4.71. The standard InChI is InChI=1S/C20H22F2N2O2/c1-26-19-7-3-2-6-16(19)18(24-10-4-5-11-24)13-23-20(25)15-9-8-14(21)12-17(15)22/h2-3,6-9,12,18H,4-5,10-11,13H2,1H3,(H,23,25). The van der Waals surface area contributed by atoms with Crippen molar-refractivity contribution in [3.63, 3.8) is 0 Å². The number of para-hydroxylation sites is 1. The molecule has 138 valence electrons. The average molecular weight is 360 g/mol. The number of carbonyl (C=O) groups is 1. The first-order valence-electron chi connectivity index (χ1n) is 8.70. The summed E-state index contributed by atoms with van der Waals surface area (Å²) in [7, 11) is 1.62. The van der Waals surface area contributed by atoms with Gasteiger partial charge in [-0.05, 0) is 44.1 Å². The lowest BCUT2D eigenvalue weighted by molar-refractivity contribution is 0.0933. The highest BCUT2D eigenvalue weighted by Crippen LogP contribution is 2.31. The van der Waals surface area contributed by atoms with Gasteiger partial charge < -0.3 is 10.1 Å². The van der Waals surface area contributed by atoms with Gasteiger partial charge in [0.1, 0.15) is 17.4 Å². The van der Waals surface area contributed by atoms with Crippen LogP contribution >= 0.6 is 0 Å². The molecule has 1 N–H and O–H groups in total. The van der Waals surface area contributed by atoms with Gasteiger partial charge in [-0.3, -0.25) is 9.69 Å². The molecule has 0 aliphatic carbocycles. The maximum absolute atomic E-state index is 13.8. The van der Waals surface area contributed by atoms with Crippen molar-refractivity contribution in [3.8, 4) is 5.75 Å². The van der Waals surface area contributed by atoms with Crippen molar-refractivity contribution >= 4 is 5.91 Å². The van der Waals surface area contributed by atoms with Crippen LogP contribution < -0.4 is 10.1 Å². The summed E-state index contributed by atoms with van der Waals surface area (Å²) in [5, 5.41) is 2.79. The van der Waals surface area contributed by atoms with Crippen LogP contribution in [0.15, 0.2) is 42.5 Å². The lowest BCUT2D eigenvalue weighted by Gasteiger charge is -2.29. The smallest absolute Gasteiger partial charge is 0.254 e. The summed E-state index contributed by atoms with van der Waals surface area (Å²) < 4.78 is 32.3. The van der Waals surface area contributed by atoms with Gasteiger partial charge in [0.25, 0.3) is 5.91 Å². The molecule has 26 heavy (non-hydrogen) atoms. The maximum atomic E-state index is 13.8. The number of halogens is 2. The summed E-state index contributed by atoms with van der Waals surface area (Å²) in [6, 6.07) is 10.6. The SMILES string of the molecule is COc1ccccc1C(CNC(=O)c1ccc(F)cc1F)N1CCCC1. The number of methoxy groups -OCH3 is 1. The molecule has 1 saturated heterocycles. The first-order chi connectivity index (χ1) is 12.6. The Hall–Kier alpha value is -2.47. The number of amides is 1. The second-order valence-electron chi connectivity index (χ2n) is 6.34. The van der Waals surface area contributed by atoms with Crippen molar-refractivity contribution in [3.05, 3.63) is 65.2 Å². The fraction of sp³-hybridized carbons (Fsp3) is 0.350. The molecule has 2 aromatic rings. The zero-order valence-electron chi connectivity index (χ0n) is 14.7. The van der Waals surface area contributed by atoms with Crippen molar-refractivity contribution in [1.29, 1.82) is 0 Å². The molecule has 0 aromatic heterocycles. The second-order valence-corrected chi connectivity index (χ2v) is 6.34. The first-order valence-corrected chi connectivity index (χ1v) is 8.70. The van der Waals surface area contributed by atoms with Gasteiger partial charge >= 0.3 is 0 Å². The number of nitrogens with one attached hydrogen (secondary N) is 1. The van der Waals surface area contributed by atoms with E-state index in [0.29, 0.717) is 12.6 Å². The van der Waals surface area contributed by atoms with E-state index in [2.05, 4.69) is 10.2 Å². The number of likely N-dealkylation sites (tertiary alicyclic amines) is 1. The van der Waals surface area contributed by atoms with Crippen LogP contribution in [0.5, 0.6) is 5.75 Å². The van der Waals surface area contributed by atoms with Crippen LogP contribution in [0.1, 0.15) is 34.8 Å². The first kappa shape index (κ1) is 18.3. The van der Waals surface area contributed by atoms with Gasteiger partial charge in [0, 0.05) is 18.2 Å². The minimum Gasteiger partial charge on any atom is -0.496 e. The molecule has 6 heteroatoms. The predicted molar refractivity (Wildman–Crippen MR) is 95.2 cm³/mol. The zero-order chi connectivity index (χ0) is 18.5. The van der Waals surface area contributed by atoms with Crippen LogP contribution in [0.3, 0.4) is 0 Å². The lowest BCUT2D eigenvalue weighted by Crippen LogP contribution is -2.37. The molecule has 2 aromatic carbocycles. The molecule has 0 saturated carbocycles.